The lowest BCUT2D eigenvalue weighted by Gasteiger charge is -2.21. The van der Waals surface area contributed by atoms with E-state index in [1.165, 1.54) is 13.8 Å². The fraction of sp³-hybridized carbons (Fsp3) is 0.286. The molecule has 28 heavy (non-hydrogen) atoms. The molecule has 146 valence electrons. The molecule has 0 heterocycles. The Morgan fingerprint density at radius 1 is 1.04 bits per heavy atom. The number of aliphatic carboxylic acids is 1. The molecule has 1 aliphatic carbocycles. The number of carbonyl (C=O) groups is 3. The third kappa shape index (κ3) is 3.98. The molecule has 2 N–H and O–H groups in total. The standard InChI is InChI=1S/C21H21NO6/c1-12(28-13(2)23)19(20(24)25)22-21(26)27-11-18-16-9-5-3-7-14(16)15-8-4-6-10-17(15)18/h3-10,12,18-19H,11H2,1-2H3,(H,22,26)(H,24,25). The van der Waals surface area contributed by atoms with Crippen molar-refractivity contribution in [1.29, 1.82) is 0 Å². The fourth-order valence-corrected chi connectivity index (χ4v) is 3.48. The third-order valence-corrected chi connectivity index (χ3v) is 4.70. The molecule has 0 aliphatic heterocycles. The number of ether oxygens (including phenoxy) is 2. The SMILES string of the molecule is CC(=O)OC(C)C(NC(=O)OCC1c2ccccc2-c2ccccc21)C(=O)O. The molecule has 0 spiro atoms. The van der Waals surface area contributed by atoms with Crippen LogP contribution < -0.4 is 5.32 Å². The van der Waals surface area contributed by atoms with Gasteiger partial charge >= 0.3 is 18.0 Å². The van der Waals surface area contributed by atoms with Crippen LogP contribution in [0.5, 0.6) is 0 Å². The Labute approximate surface area is 162 Å². The fourth-order valence-electron chi connectivity index (χ4n) is 3.48. The molecule has 1 aliphatic rings. The van der Waals surface area contributed by atoms with Gasteiger partial charge in [-0.1, -0.05) is 48.5 Å². The van der Waals surface area contributed by atoms with Gasteiger partial charge in [-0.3, -0.25) is 4.79 Å². The van der Waals surface area contributed by atoms with E-state index in [1.807, 2.05) is 48.5 Å². The van der Waals surface area contributed by atoms with Crippen molar-refractivity contribution in [2.45, 2.75) is 31.9 Å². The van der Waals surface area contributed by atoms with Crippen LogP contribution in [0.3, 0.4) is 0 Å². The van der Waals surface area contributed by atoms with Crippen molar-refractivity contribution in [3.05, 3.63) is 59.7 Å². The van der Waals surface area contributed by atoms with Gasteiger partial charge in [-0.2, -0.15) is 0 Å². The molecule has 2 aromatic rings. The Morgan fingerprint density at radius 3 is 2.07 bits per heavy atom. The first-order chi connectivity index (χ1) is 13.4. The van der Waals surface area contributed by atoms with Gasteiger partial charge in [-0.25, -0.2) is 9.59 Å². The first kappa shape index (κ1) is 19.4. The van der Waals surface area contributed by atoms with Crippen LogP contribution in [0.2, 0.25) is 0 Å². The zero-order valence-electron chi connectivity index (χ0n) is 15.5. The average Bonchev–Trinajstić information content (AvgIpc) is 2.97. The van der Waals surface area contributed by atoms with E-state index in [1.54, 1.807) is 0 Å². The lowest BCUT2D eigenvalue weighted by molar-refractivity contribution is -0.152. The van der Waals surface area contributed by atoms with Gasteiger partial charge in [-0.05, 0) is 29.2 Å². The van der Waals surface area contributed by atoms with Gasteiger partial charge < -0.3 is 19.9 Å². The molecule has 2 atom stereocenters. The van der Waals surface area contributed by atoms with Crippen LogP contribution in [0.15, 0.2) is 48.5 Å². The van der Waals surface area contributed by atoms with E-state index >= 15 is 0 Å². The van der Waals surface area contributed by atoms with Crippen molar-refractivity contribution < 1.29 is 29.0 Å². The summed E-state index contributed by atoms with van der Waals surface area (Å²) in [6.07, 6.45) is -1.91. The predicted molar refractivity (Wildman–Crippen MR) is 101 cm³/mol. The number of carboxylic acids is 1. The molecule has 1 amide bonds. The monoisotopic (exact) mass is 383 g/mol. The summed E-state index contributed by atoms with van der Waals surface area (Å²) in [7, 11) is 0. The summed E-state index contributed by atoms with van der Waals surface area (Å²) in [4.78, 5) is 34.6. The molecule has 0 saturated carbocycles. The molecule has 2 aromatic carbocycles. The number of hydrogen-bond acceptors (Lipinski definition) is 5. The van der Waals surface area contributed by atoms with Crippen LogP contribution in [-0.2, 0) is 19.1 Å². The minimum absolute atomic E-state index is 0.0636. The second-order valence-corrected chi connectivity index (χ2v) is 6.60. The summed E-state index contributed by atoms with van der Waals surface area (Å²) in [5.74, 6) is -2.08. The van der Waals surface area contributed by atoms with E-state index in [9.17, 15) is 19.5 Å². The number of hydrogen-bond donors (Lipinski definition) is 2. The molecule has 0 fully saturated rings. The molecule has 7 nitrogen and oxygen atoms in total. The van der Waals surface area contributed by atoms with Crippen LogP contribution in [0.4, 0.5) is 4.79 Å². The van der Waals surface area contributed by atoms with Crippen LogP contribution >= 0.6 is 0 Å². The number of esters is 1. The van der Waals surface area contributed by atoms with Crippen LogP contribution in [-0.4, -0.2) is 41.9 Å². The summed E-state index contributed by atoms with van der Waals surface area (Å²) in [5.41, 5.74) is 4.30. The topological polar surface area (TPSA) is 102 Å². The maximum Gasteiger partial charge on any atom is 0.407 e. The zero-order chi connectivity index (χ0) is 20.3. The van der Waals surface area contributed by atoms with Gasteiger partial charge in [0.25, 0.3) is 0 Å². The van der Waals surface area contributed by atoms with Gasteiger partial charge in [0.05, 0.1) is 0 Å². The quantitative estimate of drug-likeness (QED) is 0.744. The molecule has 0 aromatic heterocycles. The van der Waals surface area contributed by atoms with Gasteiger partial charge in [0.1, 0.15) is 12.7 Å². The maximum absolute atomic E-state index is 12.2. The largest absolute Gasteiger partial charge is 0.480 e. The average molecular weight is 383 g/mol. The van der Waals surface area contributed by atoms with E-state index < -0.39 is 30.2 Å². The van der Waals surface area contributed by atoms with Crippen LogP contribution in [0, 0.1) is 0 Å². The summed E-state index contributed by atoms with van der Waals surface area (Å²) in [6.45, 7) is 2.63. The number of nitrogens with one attached hydrogen (secondary N) is 1. The number of alkyl carbamates (subject to hydrolysis) is 1. The Morgan fingerprint density at radius 2 is 1.57 bits per heavy atom. The molecular formula is C21H21NO6. The van der Waals surface area contributed by atoms with E-state index in [0.29, 0.717) is 0 Å². The van der Waals surface area contributed by atoms with E-state index in [2.05, 4.69) is 5.32 Å². The minimum atomic E-state index is -1.40. The molecule has 2 unspecified atom stereocenters. The predicted octanol–water partition coefficient (Wildman–Crippen LogP) is 2.93. The normalized spacial score (nSPS) is 14.4. The van der Waals surface area contributed by atoms with Gasteiger partial charge in [0, 0.05) is 12.8 Å². The Bertz CT molecular complexity index is 864. The second-order valence-electron chi connectivity index (χ2n) is 6.60. The highest BCUT2D eigenvalue weighted by molar-refractivity contribution is 5.82. The summed E-state index contributed by atoms with van der Waals surface area (Å²) >= 11 is 0. The Kier molecular flexibility index (Phi) is 5.63. The van der Waals surface area contributed by atoms with Gasteiger partial charge in [0.2, 0.25) is 0 Å². The van der Waals surface area contributed by atoms with Crippen molar-refractivity contribution in [3.63, 3.8) is 0 Å². The zero-order valence-corrected chi connectivity index (χ0v) is 15.5. The minimum Gasteiger partial charge on any atom is -0.480 e. The van der Waals surface area contributed by atoms with E-state index in [-0.39, 0.29) is 12.5 Å². The number of rotatable bonds is 6. The third-order valence-electron chi connectivity index (χ3n) is 4.70. The number of carboxylic acid groups (broad SMARTS) is 1. The maximum atomic E-state index is 12.2. The highest BCUT2D eigenvalue weighted by Crippen LogP contribution is 2.44. The van der Waals surface area contributed by atoms with Crippen molar-refractivity contribution in [1.82, 2.24) is 5.32 Å². The molecule has 0 bridgehead atoms. The first-order valence-corrected chi connectivity index (χ1v) is 8.90. The Balaban J connectivity index is 1.69. The lowest BCUT2D eigenvalue weighted by atomic mass is 9.98. The molecule has 3 rings (SSSR count). The summed E-state index contributed by atoms with van der Waals surface area (Å²) in [6, 6.07) is 14.4. The van der Waals surface area contributed by atoms with Crippen molar-refractivity contribution in [2.75, 3.05) is 6.61 Å². The molecule has 0 radical (unpaired) electrons. The number of carbonyl (C=O) groups excluding carboxylic acids is 2. The lowest BCUT2D eigenvalue weighted by Crippen LogP contribution is -2.49. The molecule has 0 saturated heterocycles. The van der Waals surface area contributed by atoms with Crippen molar-refractivity contribution in [2.24, 2.45) is 0 Å². The first-order valence-electron chi connectivity index (χ1n) is 8.90. The van der Waals surface area contributed by atoms with Crippen molar-refractivity contribution >= 4 is 18.0 Å². The number of benzene rings is 2. The summed E-state index contributed by atoms with van der Waals surface area (Å²) in [5, 5.41) is 11.5. The smallest absolute Gasteiger partial charge is 0.407 e. The summed E-state index contributed by atoms with van der Waals surface area (Å²) < 4.78 is 10.2. The van der Waals surface area contributed by atoms with Gasteiger partial charge in [0.15, 0.2) is 6.04 Å². The highest BCUT2D eigenvalue weighted by Gasteiger charge is 2.32. The van der Waals surface area contributed by atoms with E-state index in [0.717, 1.165) is 22.3 Å². The molecular weight excluding hydrogens is 362 g/mol. The number of fused-ring (bicyclic) bond motifs is 3. The van der Waals surface area contributed by atoms with Crippen LogP contribution in [0.1, 0.15) is 30.9 Å². The van der Waals surface area contributed by atoms with Crippen molar-refractivity contribution in [3.8, 4) is 11.1 Å². The highest BCUT2D eigenvalue weighted by atomic mass is 16.6. The molecule has 7 heteroatoms. The van der Waals surface area contributed by atoms with Crippen LogP contribution in [0.25, 0.3) is 11.1 Å². The van der Waals surface area contributed by atoms with Gasteiger partial charge in [-0.15, -0.1) is 0 Å². The number of amides is 1. The second kappa shape index (κ2) is 8.12. The van der Waals surface area contributed by atoms with E-state index in [4.69, 9.17) is 9.47 Å². The Hall–Kier alpha value is -3.35.